The highest BCUT2D eigenvalue weighted by atomic mass is 19.1. The van der Waals surface area contributed by atoms with Gasteiger partial charge in [-0.15, -0.1) is 0 Å². The first-order valence-electron chi connectivity index (χ1n) is 6.62. The third kappa shape index (κ3) is 4.08. The van der Waals surface area contributed by atoms with Gasteiger partial charge in [-0.2, -0.15) is 0 Å². The molecule has 0 amide bonds. The lowest BCUT2D eigenvalue weighted by atomic mass is 9.95. The minimum Gasteiger partial charge on any atom is -0.465 e. The van der Waals surface area contributed by atoms with Gasteiger partial charge in [0, 0.05) is 12.3 Å². The Morgan fingerprint density at radius 3 is 2.52 bits per heavy atom. The second-order valence-corrected chi connectivity index (χ2v) is 4.54. The van der Waals surface area contributed by atoms with Crippen LogP contribution in [-0.4, -0.2) is 17.6 Å². The molecule has 2 aromatic rings. The highest BCUT2D eigenvalue weighted by Crippen LogP contribution is 2.22. The summed E-state index contributed by atoms with van der Waals surface area (Å²) in [5.41, 5.74) is 0.900. The van der Waals surface area contributed by atoms with Gasteiger partial charge < -0.3 is 4.74 Å². The SMILES string of the molecule is CCOC(=O)C(Cc1cc(F)cc(F)c1)c1ccccn1. The molecule has 0 N–H and O–H groups in total. The number of halogens is 2. The van der Waals surface area contributed by atoms with Crippen LogP contribution in [0, 0.1) is 11.6 Å². The first-order valence-corrected chi connectivity index (χ1v) is 6.62. The molecule has 0 aliphatic carbocycles. The second kappa shape index (κ2) is 6.92. The Hall–Kier alpha value is -2.30. The van der Waals surface area contributed by atoms with Gasteiger partial charge >= 0.3 is 5.97 Å². The standard InChI is InChI=1S/C16H15F2NO2/c1-2-21-16(20)14(15-5-3-4-6-19-15)9-11-7-12(17)10-13(18)8-11/h3-8,10,14H,2,9H2,1H3. The third-order valence-electron chi connectivity index (χ3n) is 2.98. The molecule has 1 aromatic heterocycles. The minimum absolute atomic E-state index is 0.129. The maximum Gasteiger partial charge on any atom is 0.315 e. The van der Waals surface area contributed by atoms with Crippen molar-refractivity contribution in [1.82, 2.24) is 4.98 Å². The zero-order valence-corrected chi connectivity index (χ0v) is 11.6. The number of benzene rings is 1. The van der Waals surface area contributed by atoms with Crippen LogP contribution >= 0.6 is 0 Å². The second-order valence-electron chi connectivity index (χ2n) is 4.54. The molecule has 2 rings (SSSR count). The lowest BCUT2D eigenvalue weighted by Crippen LogP contribution is -2.19. The molecule has 0 radical (unpaired) electrons. The van der Waals surface area contributed by atoms with Gasteiger partial charge in [-0.05, 0) is 43.2 Å². The topological polar surface area (TPSA) is 39.2 Å². The maximum absolute atomic E-state index is 13.3. The molecule has 5 heteroatoms. The number of esters is 1. The van der Waals surface area contributed by atoms with E-state index in [1.807, 2.05) is 0 Å². The predicted octanol–water partition coefficient (Wildman–Crippen LogP) is 3.25. The molecule has 3 nitrogen and oxygen atoms in total. The van der Waals surface area contributed by atoms with Gasteiger partial charge in [-0.1, -0.05) is 6.07 Å². The highest BCUT2D eigenvalue weighted by Gasteiger charge is 2.24. The van der Waals surface area contributed by atoms with Crippen molar-refractivity contribution >= 4 is 5.97 Å². The fourth-order valence-corrected chi connectivity index (χ4v) is 2.10. The number of ether oxygens (including phenoxy) is 1. The molecule has 0 saturated heterocycles. The maximum atomic E-state index is 13.3. The quantitative estimate of drug-likeness (QED) is 0.794. The Balaban J connectivity index is 2.29. The van der Waals surface area contributed by atoms with Crippen LogP contribution in [0.1, 0.15) is 24.1 Å². The van der Waals surface area contributed by atoms with E-state index >= 15 is 0 Å². The summed E-state index contributed by atoms with van der Waals surface area (Å²) in [6, 6.07) is 8.38. The fourth-order valence-electron chi connectivity index (χ4n) is 2.10. The summed E-state index contributed by atoms with van der Waals surface area (Å²) >= 11 is 0. The molecule has 1 aromatic carbocycles. The number of hydrogen-bond donors (Lipinski definition) is 0. The van der Waals surface area contributed by atoms with E-state index in [2.05, 4.69) is 4.98 Å². The van der Waals surface area contributed by atoms with Crippen molar-refractivity contribution in [2.24, 2.45) is 0 Å². The van der Waals surface area contributed by atoms with E-state index in [1.54, 1.807) is 31.3 Å². The van der Waals surface area contributed by atoms with Crippen molar-refractivity contribution in [3.05, 3.63) is 65.5 Å². The van der Waals surface area contributed by atoms with Crippen molar-refractivity contribution in [3.8, 4) is 0 Å². The van der Waals surface area contributed by atoms with E-state index in [0.717, 1.165) is 6.07 Å². The molecule has 0 aliphatic rings. The molecular weight excluding hydrogens is 276 g/mol. The summed E-state index contributed by atoms with van der Waals surface area (Å²) in [5, 5.41) is 0. The highest BCUT2D eigenvalue weighted by molar-refractivity contribution is 5.78. The molecule has 0 aliphatic heterocycles. The summed E-state index contributed by atoms with van der Waals surface area (Å²) in [7, 11) is 0. The van der Waals surface area contributed by atoms with Crippen LogP contribution < -0.4 is 0 Å². The van der Waals surface area contributed by atoms with Crippen LogP contribution in [0.25, 0.3) is 0 Å². The monoisotopic (exact) mass is 291 g/mol. The molecule has 1 atom stereocenters. The van der Waals surface area contributed by atoms with Crippen molar-refractivity contribution in [2.75, 3.05) is 6.61 Å². The molecule has 0 fully saturated rings. The smallest absolute Gasteiger partial charge is 0.315 e. The lowest BCUT2D eigenvalue weighted by molar-refractivity contribution is -0.145. The van der Waals surface area contributed by atoms with Crippen LogP contribution in [0.4, 0.5) is 8.78 Å². The van der Waals surface area contributed by atoms with Gasteiger partial charge in [-0.3, -0.25) is 9.78 Å². The first-order chi connectivity index (χ1) is 10.1. The normalized spacial score (nSPS) is 12.0. The molecule has 0 saturated carbocycles. The Morgan fingerprint density at radius 2 is 1.95 bits per heavy atom. The zero-order valence-electron chi connectivity index (χ0n) is 11.6. The van der Waals surface area contributed by atoms with Gasteiger partial charge in [-0.25, -0.2) is 8.78 Å². The number of pyridine rings is 1. The minimum atomic E-state index is -0.688. The van der Waals surface area contributed by atoms with E-state index in [9.17, 15) is 13.6 Å². The van der Waals surface area contributed by atoms with Crippen LogP contribution in [0.3, 0.4) is 0 Å². The van der Waals surface area contributed by atoms with Crippen molar-refractivity contribution in [2.45, 2.75) is 19.3 Å². The summed E-state index contributed by atoms with van der Waals surface area (Å²) in [5.74, 6) is -2.49. The number of carbonyl (C=O) groups excluding carboxylic acids is 1. The summed E-state index contributed by atoms with van der Waals surface area (Å²) in [6.45, 7) is 1.94. The predicted molar refractivity (Wildman–Crippen MR) is 73.7 cm³/mol. The number of carbonyl (C=O) groups is 1. The fraction of sp³-hybridized carbons (Fsp3) is 0.250. The number of rotatable bonds is 5. The number of nitrogens with zero attached hydrogens (tertiary/aromatic N) is 1. The van der Waals surface area contributed by atoms with Gasteiger partial charge in [0.05, 0.1) is 12.3 Å². The molecule has 1 heterocycles. The zero-order chi connectivity index (χ0) is 15.2. The molecule has 0 spiro atoms. The molecule has 1 unspecified atom stereocenters. The van der Waals surface area contributed by atoms with Gasteiger partial charge in [0.2, 0.25) is 0 Å². The van der Waals surface area contributed by atoms with Crippen molar-refractivity contribution in [3.63, 3.8) is 0 Å². The van der Waals surface area contributed by atoms with Crippen molar-refractivity contribution in [1.29, 1.82) is 0 Å². The summed E-state index contributed by atoms with van der Waals surface area (Å²) in [6.07, 6.45) is 1.69. The number of hydrogen-bond acceptors (Lipinski definition) is 3. The van der Waals surface area contributed by atoms with Crippen LogP contribution in [-0.2, 0) is 16.0 Å². The van der Waals surface area contributed by atoms with Gasteiger partial charge in [0.1, 0.15) is 17.6 Å². The van der Waals surface area contributed by atoms with Gasteiger partial charge in [0.15, 0.2) is 0 Å². The first kappa shape index (κ1) is 15.1. The Morgan fingerprint density at radius 1 is 1.24 bits per heavy atom. The van der Waals surface area contributed by atoms with E-state index in [4.69, 9.17) is 4.74 Å². The van der Waals surface area contributed by atoms with Crippen LogP contribution in [0.5, 0.6) is 0 Å². The summed E-state index contributed by atoms with van der Waals surface area (Å²) < 4.78 is 31.5. The molecule has 21 heavy (non-hydrogen) atoms. The Bertz CT molecular complexity index is 597. The van der Waals surface area contributed by atoms with Crippen LogP contribution in [0.2, 0.25) is 0 Å². The average molecular weight is 291 g/mol. The van der Waals surface area contributed by atoms with E-state index in [1.165, 1.54) is 12.1 Å². The average Bonchev–Trinajstić information content (AvgIpc) is 2.45. The molecular formula is C16H15F2NO2. The Kier molecular flexibility index (Phi) is 4.98. The Labute approximate surface area is 121 Å². The molecule has 110 valence electrons. The van der Waals surface area contributed by atoms with Gasteiger partial charge in [0.25, 0.3) is 0 Å². The van der Waals surface area contributed by atoms with E-state index < -0.39 is 23.5 Å². The van der Waals surface area contributed by atoms with E-state index in [-0.39, 0.29) is 13.0 Å². The van der Waals surface area contributed by atoms with Crippen molar-refractivity contribution < 1.29 is 18.3 Å². The number of aromatic nitrogens is 1. The molecule has 0 bridgehead atoms. The largest absolute Gasteiger partial charge is 0.465 e. The third-order valence-corrected chi connectivity index (χ3v) is 2.98. The van der Waals surface area contributed by atoms with Crippen LogP contribution in [0.15, 0.2) is 42.6 Å². The lowest BCUT2D eigenvalue weighted by Gasteiger charge is -2.15. The summed E-state index contributed by atoms with van der Waals surface area (Å²) in [4.78, 5) is 16.2. The van der Waals surface area contributed by atoms with E-state index in [0.29, 0.717) is 11.3 Å².